The van der Waals surface area contributed by atoms with Crippen LogP contribution in [0.1, 0.15) is 0 Å². The molecule has 1 aromatic carbocycles. The number of nitrogens with one attached hydrogen (secondary N) is 4. The topological polar surface area (TPSA) is 104 Å². The Morgan fingerprint density at radius 3 is 2.50 bits per heavy atom. The van der Waals surface area contributed by atoms with Gasteiger partial charge in [0.15, 0.2) is 21.2 Å². The molecular formula is C15H15N7OS3. The molecular weight excluding hydrogens is 390 g/mol. The second kappa shape index (κ2) is 8.65. The molecule has 0 aliphatic rings. The summed E-state index contributed by atoms with van der Waals surface area (Å²) in [6.45, 7) is 0. The molecule has 0 aliphatic carbocycles. The van der Waals surface area contributed by atoms with Gasteiger partial charge in [-0.05, 0) is 42.5 Å². The first kappa shape index (κ1) is 18.2. The van der Waals surface area contributed by atoms with Gasteiger partial charge in [-0.15, -0.1) is 0 Å². The van der Waals surface area contributed by atoms with Gasteiger partial charge in [-0.25, -0.2) is 19.2 Å². The van der Waals surface area contributed by atoms with E-state index in [4.69, 9.17) is 12.2 Å². The second-order valence-corrected chi connectivity index (χ2v) is 7.48. The number of thiazole rings is 1. The molecule has 2 aromatic heterocycles. The lowest BCUT2D eigenvalue weighted by Gasteiger charge is -2.09. The number of thiocarbonyl (C=S) groups is 1. The van der Waals surface area contributed by atoms with Crippen LogP contribution in [0.2, 0.25) is 0 Å². The molecule has 0 radical (unpaired) electrons. The quantitative estimate of drug-likeness (QED) is 0.464. The zero-order chi connectivity index (χ0) is 18.4. The maximum atomic E-state index is 12.3. The summed E-state index contributed by atoms with van der Waals surface area (Å²) in [5.74, 6) is 0.308. The average Bonchev–Trinajstić information content (AvgIpc) is 3.10. The zero-order valence-corrected chi connectivity index (χ0v) is 16.0. The molecule has 3 rings (SSSR count). The molecule has 26 heavy (non-hydrogen) atoms. The number of hydrogen-bond acceptors (Lipinski definition) is 7. The summed E-state index contributed by atoms with van der Waals surface area (Å²) in [5.41, 5.74) is 0.768. The minimum Gasteiger partial charge on any atom is -0.379 e. The van der Waals surface area contributed by atoms with Gasteiger partial charge in [-0.3, -0.25) is 4.72 Å². The Bertz CT molecular complexity index is 899. The average molecular weight is 406 g/mol. The fraction of sp³-hybridized carbons (Fsp3) is 0.0667. The maximum Gasteiger partial charge on any atom is 0.234 e. The molecule has 4 N–H and O–H groups in total. The van der Waals surface area contributed by atoms with Crippen molar-refractivity contribution < 1.29 is 4.21 Å². The highest BCUT2D eigenvalue weighted by molar-refractivity contribution is 7.86. The predicted molar refractivity (Wildman–Crippen MR) is 110 cm³/mol. The van der Waals surface area contributed by atoms with Crippen molar-refractivity contribution in [3.05, 3.63) is 48.9 Å². The van der Waals surface area contributed by atoms with Gasteiger partial charge < -0.3 is 16.0 Å². The van der Waals surface area contributed by atoms with Crippen LogP contribution in [-0.4, -0.2) is 31.3 Å². The van der Waals surface area contributed by atoms with Gasteiger partial charge in [0.25, 0.3) is 0 Å². The van der Waals surface area contributed by atoms with E-state index < -0.39 is 11.0 Å². The highest BCUT2D eigenvalue weighted by Crippen LogP contribution is 2.22. The summed E-state index contributed by atoms with van der Waals surface area (Å²) in [6, 6.07) is 8.74. The third-order valence-electron chi connectivity index (χ3n) is 3.05. The van der Waals surface area contributed by atoms with Crippen LogP contribution in [0, 0.1) is 0 Å². The highest BCUT2D eigenvalue weighted by atomic mass is 32.2. The van der Waals surface area contributed by atoms with Gasteiger partial charge in [0.05, 0.1) is 11.1 Å². The monoisotopic (exact) mass is 405 g/mol. The van der Waals surface area contributed by atoms with Crippen molar-refractivity contribution in [1.82, 2.24) is 15.0 Å². The van der Waals surface area contributed by atoms with E-state index in [0.29, 0.717) is 21.1 Å². The molecule has 0 bridgehead atoms. The van der Waals surface area contributed by atoms with E-state index in [1.807, 2.05) is 7.05 Å². The molecule has 0 amide bonds. The van der Waals surface area contributed by atoms with Gasteiger partial charge in [-0.1, -0.05) is 11.3 Å². The first-order valence-electron chi connectivity index (χ1n) is 7.41. The Morgan fingerprint density at radius 2 is 1.85 bits per heavy atom. The third kappa shape index (κ3) is 4.94. The van der Waals surface area contributed by atoms with Gasteiger partial charge in [-0.2, -0.15) is 0 Å². The largest absolute Gasteiger partial charge is 0.379 e. The molecule has 0 saturated heterocycles. The molecule has 0 aliphatic heterocycles. The van der Waals surface area contributed by atoms with E-state index in [0.717, 1.165) is 10.7 Å². The summed E-state index contributed by atoms with van der Waals surface area (Å²) in [7, 11) is 0.380. The smallest absolute Gasteiger partial charge is 0.234 e. The van der Waals surface area contributed by atoms with Gasteiger partial charge in [0, 0.05) is 25.1 Å². The Kier molecular flexibility index (Phi) is 6.04. The molecule has 0 fully saturated rings. The number of benzene rings is 1. The molecule has 0 saturated carbocycles. The standard InChI is InChI=1S/C15H15N7OS3/c1-16-12-9-19-15(25-12)21-14(24)20-10-3-5-11(6-4-10)26(23)22-13-17-7-2-8-18-13/h2-9,16H,1H3,(H,17,18,22)(H2,19,20,21,24). The molecule has 3 aromatic rings. The predicted octanol–water partition coefficient (Wildman–Crippen LogP) is 2.92. The number of rotatable bonds is 6. The first-order chi connectivity index (χ1) is 12.6. The van der Waals surface area contributed by atoms with Crippen LogP contribution >= 0.6 is 23.6 Å². The van der Waals surface area contributed by atoms with Crippen molar-refractivity contribution in [2.45, 2.75) is 4.90 Å². The van der Waals surface area contributed by atoms with E-state index in [1.54, 1.807) is 48.9 Å². The second-order valence-electron chi connectivity index (χ2n) is 4.83. The minimum atomic E-state index is -1.45. The minimum absolute atomic E-state index is 0.308. The molecule has 134 valence electrons. The van der Waals surface area contributed by atoms with Gasteiger partial charge in [0.1, 0.15) is 5.00 Å². The summed E-state index contributed by atoms with van der Waals surface area (Å²) in [4.78, 5) is 12.8. The third-order valence-corrected chi connectivity index (χ3v) is 5.25. The van der Waals surface area contributed by atoms with Crippen LogP contribution < -0.4 is 20.7 Å². The van der Waals surface area contributed by atoms with Crippen molar-refractivity contribution in [3.8, 4) is 0 Å². The highest BCUT2D eigenvalue weighted by Gasteiger charge is 2.07. The molecule has 1 unspecified atom stereocenters. The van der Waals surface area contributed by atoms with E-state index in [-0.39, 0.29) is 0 Å². The molecule has 11 heteroatoms. The number of nitrogens with zero attached hydrogens (tertiary/aromatic N) is 3. The normalized spacial score (nSPS) is 11.4. The molecule has 8 nitrogen and oxygen atoms in total. The van der Waals surface area contributed by atoms with E-state index in [9.17, 15) is 4.21 Å². The fourth-order valence-electron chi connectivity index (χ4n) is 1.86. The van der Waals surface area contributed by atoms with Crippen molar-refractivity contribution in [2.75, 3.05) is 27.7 Å². The van der Waals surface area contributed by atoms with Crippen molar-refractivity contribution in [3.63, 3.8) is 0 Å². The Labute approximate surface area is 162 Å². The lowest BCUT2D eigenvalue weighted by molar-refractivity contribution is 0.686. The van der Waals surface area contributed by atoms with Crippen molar-refractivity contribution in [1.29, 1.82) is 0 Å². The number of aromatic nitrogens is 3. The lowest BCUT2D eigenvalue weighted by Crippen LogP contribution is -2.18. The van der Waals surface area contributed by atoms with Crippen LogP contribution in [-0.2, 0) is 11.0 Å². The van der Waals surface area contributed by atoms with Crippen LogP contribution in [0.15, 0.2) is 53.8 Å². The van der Waals surface area contributed by atoms with Gasteiger partial charge in [0.2, 0.25) is 5.95 Å². The number of hydrogen-bond donors (Lipinski definition) is 4. The molecule has 2 heterocycles. The Balaban J connectivity index is 1.56. The summed E-state index contributed by atoms with van der Waals surface area (Å²) < 4.78 is 15.0. The SMILES string of the molecule is CNc1cnc(NC(=S)Nc2ccc(S(=O)Nc3ncccn3)cc2)s1. The lowest BCUT2D eigenvalue weighted by atomic mass is 10.3. The maximum absolute atomic E-state index is 12.3. The van der Waals surface area contributed by atoms with Gasteiger partial charge >= 0.3 is 0 Å². The van der Waals surface area contributed by atoms with Crippen LogP contribution in [0.25, 0.3) is 0 Å². The van der Waals surface area contributed by atoms with Crippen LogP contribution in [0.4, 0.5) is 21.8 Å². The van der Waals surface area contributed by atoms with Crippen molar-refractivity contribution in [2.24, 2.45) is 0 Å². The molecule has 0 spiro atoms. The van der Waals surface area contributed by atoms with Crippen LogP contribution in [0.3, 0.4) is 0 Å². The molecule has 1 atom stereocenters. The Hall–Kier alpha value is -2.63. The number of anilines is 4. The Morgan fingerprint density at radius 1 is 1.12 bits per heavy atom. The zero-order valence-electron chi connectivity index (χ0n) is 13.6. The fourth-order valence-corrected chi connectivity index (χ4v) is 3.59. The van der Waals surface area contributed by atoms with Crippen molar-refractivity contribution >= 4 is 61.4 Å². The first-order valence-corrected chi connectivity index (χ1v) is 9.78. The summed E-state index contributed by atoms with van der Waals surface area (Å²) in [6.07, 6.45) is 4.88. The van der Waals surface area contributed by atoms with E-state index in [2.05, 4.69) is 35.6 Å². The van der Waals surface area contributed by atoms with E-state index >= 15 is 0 Å². The summed E-state index contributed by atoms with van der Waals surface area (Å²) in [5, 5.41) is 11.1. The summed E-state index contributed by atoms with van der Waals surface area (Å²) >= 11 is 6.73. The van der Waals surface area contributed by atoms with Crippen LogP contribution in [0.5, 0.6) is 0 Å². The van der Waals surface area contributed by atoms with E-state index in [1.165, 1.54) is 11.3 Å².